The molecule has 3 aromatic rings. The second kappa shape index (κ2) is 9.88. The first-order chi connectivity index (χ1) is 18.9. The van der Waals surface area contributed by atoms with Crippen LogP contribution >= 0.6 is 11.6 Å². The molecular weight excluding hydrogens is 524 g/mol. The van der Waals surface area contributed by atoms with Crippen molar-refractivity contribution in [1.82, 2.24) is 19.4 Å². The zero-order chi connectivity index (χ0) is 28.4. The highest BCUT2D eigenvalue weighted by Gasteiger charge is 2.39. The van der Waals surface area contributed by atoms with Gasteiger partial charge in [0.15, 0.2) is 0 Å². The fraction of sp³-hybridized carbons (Fsp3) is 0.531. The molecule has 7 nitrogen and oxygen atoms in total. The highest BCUT2D eigenvalue weighted by molar-refractivity contribution is 6.35. The van der Waals surface area contributed by atoms with Crippen molar-refractivity contribution in [2.45, 2.75) is 70.8 Å². The normalized spacial score (nSPS) is 21.1. The van der Waals surface area contributed by atoms with E-state index in [0.29, 0.717) is 22.2 Å². The summed E-state index contributed by atoms with van der Waals surface area (Å²) in [6.07, 6.45) is 3.08. The Kier molecular flexibility index (Phi) is 6.74. The maximum atomic E-state index is 12.9. The number of amides is 1. The van der Waals surface area contributed by atoms with Crippen LogP contribution in [-0.2, 0) is 10.2 Å². The van der Waals surface area contributed by atoms with Gasteiger partial charge in [0.25, 0.3) is 5.56 Å². The van der Waals surface area contributed by atoms with Crippen LogP contribution in [-0.4, -0.2) is 63.8 Å². The first-order valence-corrected chi connectivity index (χ1v) is 14.9. The number of carbonyl (C=O) groups excluding carboxylic acids is 1. The monoisotopic (exact) mass is 562 g/mol. The van der Waals surface area contributed by atoms with Crippen molar-refractivity contribution in [3.8, 4) is 5.69 Å². The number of hydrogen-bond donors (Lipinski definition) is 0. The van der Waals surface area contributed by atoms with Gasteiger partial charge in [-0.05, 0) is 108 Å². The summed E-state index contributed by atoms with van der Waals surface area (Å²) in [5.41, 5.74) is 3.36. The summed E-state index contributed by atoms with van der Waals surface area (Å²) in [6.45, 7) is 14.8. The van der Waals surface area contributed by atoms with Gasteiger partial charge >= 0.3 is 6.09 Å². The molecule has 2 fully saturated rings. The van der Waals surface area contributed by atoms with Gasteiger partial charge in [-0.2, -0.15) is 4.98 Å². The highest BCUT2D eigenvalue weighted by atomic mass is 35.5. The molecule has 3 aliphatic heterocycles. The molecule has 212 valence electrons. The molecule has 1 atom stereocenters. The number of aromatic nitrogens is 2. The number of fused-ring (bicyclic) bond motifs is 5. The molecule has 2 saturated heterocycles. The van der Waals surface area contributed by atoms with E-state index in [1.165, 1.54) is 11.1 Å². The van der Waals surface area contributed by atoms with E-state index in [9.17, 15) is 9.59 Å². The number of nitrogens with zero attached hydrogens (tertiary/aromatic N) is 4. The molecular formula is C32H39ClN4O3. The van der Waals surface area contributed by atoms with E-state index in [0.717, 1.165) is 69.0 Å². The Bertz CT molecular complexity index is 1530. The quantitative estimate of drug-likeness (QED) is 0.385. The summed E-state index contributed by atoms with van der Waals surface area (Å²) in [5, 5.41) is 0.916. The standard InChI is InChI=1S/C32H39ClN4O3/c1-31(2,3)40-30(39)36-16-11-20(19-36)18-35-14-12-21(13-15-35)22-9-10-25-23(17-22)32(4,5)29-34-28(38)27-24(33)7-6-8-26(27)37(25)29/h6-10,17,20-21H,11-16,18-19H2,1-5H3/t20-/m1/s1. The third kappa shape index (κ3) is 4.81. The Morgan fingerprint density at radius 3 is 2.58 bits per heavy atom. The lowest BCUT2D eigenvalue weighted by molar-refractivity contribution is 0.0284. The molecule has 0 bridgehead atoms. The van der Waals surface area contributed by atoms with E-state index in [2.05, 4.69) is 46.5 Å². The zero-order valence-corrected chi connectivity index (χ0v) is 24.9. The molecule has 40 heavy (non-hydrogen) atoms. The number of rotatable bonds is 3. The lowest BCUT2D eigenvalue weighted by Crippen LogP contribution is -2.39. The van der Waals surface area contributed by atoms with Crippen molar-refractivity contribution >= 4 is 28.6 Å². The van der Waals surface area contributed by atoms with Crippen LogP contribution in [0.4, 0.5) is 4.79 Å². The predicted octanol–water partition coefficient (Wildman–Crippen LogP) is 6.11. The van der Waals surface area contributed by atoms with Crippen LogP contribution in [0.3, 0.4) is 0 Å². The summed E-state index contributed by atoms with van der Waals surface area (Å²) in [4.78, 5) is 34.4. The van der Waals surface area contributed by atoms with Gasteiger partial charge in [0.05, 0.1) is 27.0 Å². The van der Waals surface area contributed by atoms with Crippen LogP contribution < -0.4 is 5.56 Å². The molecule has 4 heterocycles. The summed E-state index contributed by atoms with van der Waals surface area (Å²) in [7, 11) is 0. The van der Waals surface area contributed by atoms with Crippen LogP contribution in [0.5, 0.6) is 0 Å². The maximum Gasteiger partial charge on any atom is 0.410 e. The van der Waals surface area contributed by atoms with Crippen LogP contribution in [0.15, 0.2) is 41.2 Å². The molecule has 0 spiro atoms. The van der Waals surface area contributed by atoms with Gasteiger partial charge in [-0.25, -0.2) is 4.79 Å². The van der Waals surface area contributed by atoms with E-state index < -0.39 is 5.60 Å². The third-order valence-corrected chi connectivity index (χ3v) is 9.19. The summed E-state index contributed by atoms with van der Waals surface area (Å²) < 4.78 is 7.69. The number of ether oxygens (including phenoxy) is 1. The van der Waals surface area contributed by atoms with E-state index in [-0.39, 0.29) is 17.1 Å². The van der Waals surface area contributed by atoms with Gasteiger partial charge < -0.3 is 14.5 Å². The van der Waals surface area contributed by atoms with Gasteiger partial charge in [-0.1, -0.05) is 29.8 Å². The minimum Gasteiger partial charge on any atom is -0.444 e. The van der Waals surface area contributed by atoms with Gasteiger partial charge in [-0.15, -0.1) is 0 Å². The number of hydrogen-bond acceptors (Lipinski definition) is 5. The smallest absolute Gasteiger partial charge is 0.410 e. The molecule has 3 aliphatic rings. The number of benzene rings is 2. The number of likely N-dealkylation sites (tertiary alicyclic amines) is 2. The van der Waals surface area contributed by atoms with Crippen molar-refractivity contribution < 1.29 is 9.53 Å². The lowest BCUT2D eigenvalue weighted by Gasteiger charge is -2.34. The van der Waals surface area contributed by atoms with Crippen molar-refractivity contribution in [1.29, 1.82) is 0 Å². The highest BCUT2D eigenvalue weighted by Crippen LogP contribution is 2.45. The predicted molar refractivity (Wildman–Crippen MR) is 159 cm³/mol. The molecule has 6 rings (SSSR count). The minimum atomic E-state index is -0.456. The number of halogens is 1. The maximum absolute atomic E-state index is 12.9. The molecule has 2 aromatic carbocycles. The third-order valence-electron chi connectivity index (χ3n) is 8.87. The van der Waals surface area contributed by atoms with Crippen LogP contribution in [0.1, 0.15) is 76.8 Å². The largest absolute Gasteiger partial charge is 0.444 e. The average molecular weight is 563 g/mol. The zero-order valence-electron chi connectivity index (χ0n) is 24.2. The second-order valence-electron chi connectivity index (χ2n) is 13.3. The molecule has 1 amide bonds. The number of piperidine rings is 1. The molecule has 0 unspecified atom stereocenters. The SMILES string of the molecule is CC(C)(C)OC(=O)N1CC[C@H](CN2CCC(c3ccc4c(c3)C(C)(C)c3nc(=O)c5c(Cl)cccc5n3-4)CC2)C1. The second-order valence-corrected chi connectivity index (χ2v) is 13.7. The summed E-state index contributed by atoms with van der Waals surface area (Å²) in [6, 6.07) is 12.4. The lowest BCUT2D eigenvalue weighted by atomic mass is 9.81. The molecule has 0 saturated carbocycles. The topological polar surface area (TPSA) is 67.7 Å². The van der Waals surface area contributed by atoms with Crippen LogP contribution in [0.25, 0.3) is 16.6 Å². The minimum absolute atomic E-state index is 0.189. The Morgan fingerprint density at radius 1 is 1.10 bits per heavy atom. The van der Waals surface area contributed by atoms with Crippen molar-refractivity contribution in [2.24, 2.45) is 5.92 Å². The first kappa shape index (κ1) is 27.3. The van der Waals surface area contributed by atoms with E-state index in [1.807, 2.05) is 37.8 Å². The molecule has 8 heteroatoms. The van der Waals surface area contributed by atoms with Crippen molar-refractivity contribution in [2.75, 3.05) is 32.7 Å². The van der Waals surface area contributed by atoms with Crippen LogP contribution in [0.2, 0.25) is 5.02 Å². The van der Waals surface area contributed by atoms with Gasteiger partial charge in [0.2, 0.25) is 0 Å². The van der Waals surface area contributed by atoms with Gasteiger partial charge in [-0.3, -0.25) is 9.36 Å². The molecule has 0 aliphatic carbocycles. The van der Waals surface area contributed by atoms with Gasteiger partial charge in [0.1, 0.15) is 11.4 Å². The van der Waals surface area contributed by atoms with E-state index in [1.54, 1.807) is 6.07 Å². The van der Waals surface area contributed by atoms with Crippen molar-refractivity contribution in [3.63, 3.8) is 0 Å². The Hall–Kier alpha value is -2.90. The van der Waals surface area contributed by atoms with Gasteiger partial charge in [0, 0.05) is 19.6 Å². The van der Waals surface area contributed by atoms with E-state index >= 15 is 0 Å². The Morgan fingerprint density at radius 2 is 1.85 bits per heavy atom. The number of carbonyl (C=O) groups is 1. The fourth-order valence-electron chi connectivity index (χ4n) is 6.80. The molecule has 1 aromatic heterocycles. The average Bonchev–Trinajstić information content (AvgIpc) is 3.44. The Labute approximate surface area is 241 Å². The van der Waals surface area contributed by atoms with E-state index in [4.69, 9.17) is 16.3 Å². The van der Waals surface area contributed by atoms with Crippen molar-refractivity contribution in [3.05, 3.63) is 68.7 Å². The molecule has 0 radical (unpaired) electrons. The summed E-state index contributed by atoms with van der Waals surface area (Å²) >= 11 is 6.42. The fourth-order valence-corrected chi connectivity index (χ4v) is 7.05. The molecule has 0 N–H and O–H groups in total. The summed E-state index contributed by atoms with van der Waals surface area (Å²) in [5.74, 6) is 1.77. The van der Waals surface area contributed by atoms with Crippen LogP contribution in [0, 0.1) is 5.92 Å². The Balaban J connectivity index is 1.15. The first-order valence-electron chi connectivity index (χ1n) is 14.5.